The molecule has 0 aromatic heterocycles. The molecule has 0 fully saturated rings. The van der Waals surface area contributed by atoms with E-state index in [9.17, 15) is 9.59 Å². The molecule has 0 spiro atoms. The lowest BCUT2D eigenvalue weighted by molar-refractivity contribution is -0.132. The summed E-state index contributed by atoms with van der Waals surface area (Å²) in [6, 6.07) is 6.63. The predicted octanol–water partition coefficient (Wildman–Crippen LogP) is 1.44. The third kappa shape index (κ3) is 4.28. The molecule has 6 nitrogen and oxygen atoms in total. The van der Waals surface area contributed by atoms with Crippen LogP contribution in [0, 0.1) is 18.3 Å². The largest absolute Gasteiger partial charge is 0.483 e. The van der Waals surface area contributed by atoms with Crippen LogP contribution in [0.1, 0.15) is 22.3 Å². The predicted molar refractivity (Wildman–Crippen MR) is 71.5 cm³/mol. The van der Waals surface area contributed by atoms with Gasteiger partial charge in [-0.2, -0.15) is 5.26 Å². The van der Waals surface area contributed by atoms with Crippen LogP contribution in [-0.2, 0) is 4.79 Å². The molecule has 0 aliphatic carbocycles. The molecule has 1 aromatic carbocycles. The van der Waals surface area contributed by atoms with Gasteiger partial charge < -0.3 is 14.7 Å². The summed E-state index contributed by atoms with van der Waals surface area (Å²) in [5.74, 6) is -1.25. The lowest BCUT2D eigenvalue weighted by atomic mass is 10.1. The van der Waals surface area contributed by atoms with Gasteiger partial charge in [0.25, 0.3) is 5.91 Å². The second kappa shape index (κ2) is 7.14. The normalized spacial score (nSPS) is 9.65. The van der Waals surface area contributed by atoms with Crippen LogP contribution >= 0.6 is 0 Å². The number of carboxylic acids is 1. The Balaban J connectivity index is 2.70. The summed E-state index contributed by atoms with van der Waals surface area (Å²) < 4.78 is 5.29. The quantitative estimate of drug-likeness (QED) is 0.849. The topological polar surface area (TPSA) is 90.6 Å². The Hall–Kier alpha value is -2.55. The van der Waals surface area contributed by atoms with Crippen LogP contribution in [0.5, 0.6) is 5.75 Å². The highest BCUT2D eigenvalue weighted by Crippen LogP contribution is 2.20. The third-order valence-electron chi connectivity index (χ3n) is 2.70. The molecule has 106 valence electrons. The molecule has 0 aliphatic rings. The number of carbonyl (C=O) groups excluding carboxylic acids is 1. The Kier molecular flexibility index (Phi) is 5.54. The van der Waals surface area contributed by atoms with Gasteiger partial charge in [-0.15, -0.1) is 0 Å². The number of benzene rings is 1. The molecule has 0 bridgehead atoms. The van der Waals surface area contributed by atoms with Gasteiger partial charge >= 0.3 is 5.97 Å². The highest BCUT2D eigenvalue weighted by atomic mass is 16.5. The standard InChI is InChI=1S/C14H16N2O4/c1-10-4-5-11(14(18)19)12(8-10)20-9-13(17)16(2)7-3-6-15/h4-5,8H,3,7,9H2,1-2H3,(H,18,19). The Morgan fingerprint density at radius 1 is 1.45 bits per heavy atom. The zero-order valence-electron chi connectivity index (χ0n) is 11.4. The number of carbonyl (C=O) groups is 2. The van der Waals surface area contributed by atoms with Crippen molar-refractivity contribution < 1.29 is 19.4 Å². The van der Waals surface area contributed by atoms with E-state index in [0.717, 1.165) is 5.56 Å². The molecular formula is C14H16N2O4. The molecule has 1 rings (SSSR count). The fourth-order valence-corrected chi connectivity index (χ4v) is 1.52. The van der Waals surface area contributed by atoms with Crippen molar-refractivity contribution in [1.29, 1.82) is 5.26 Å². The number of hydrogen-bond acceptors (Lipinski definition) is 4. The highest BCUT2D eigenvalue weighted by molar-refractivity contribution is 5.91. The maximum atomic E-state index is 11.7. The summed E-state index contributed by atoms with van der Waals surface area (Å²) in [4.78, 5) is 24.1. The van der Waals surface area contributed by atoms with E-state index in [0.29, 0.717) is 6.54 Å². The zero-order chi connectivity index (χ0) is 15.1. The van der Waals surface area contributed by atoms with E-state index in [1.165, 1.54) is 11.0 Å². The molecule has 0 atom stereocenters. The van der Waals surface area contributed by atoms with Crippen LogP contribution in [0.3, 0.4) is 0 Å². The number of likely N-dealkylation sites (N-methyl/N-ethyl adjacent to an activating group) is 1. The fourth-order valence-electron chi connectivity index (χ4n) is 1.52. The molecule has 20 heavy (non-hydrogen) atoms. The van der Waals surface area contributed by atoms with Crippen molar-refractivity contribution in [2.45, 2.75) is 13.3 Å². The van der Waals surface area contributed by atoms with E-state index in [1.54, 1.807) is 26.1 Å². The van der Waals surface area contributed by atoms with Gasteiger partial charge in [0.2, 0.25) is 0 Å². The molecule has 1 aromatic rings. The third-order valence-corrected chi connectivity index (χ3v) is 2.70. The van der Waals surface area contributed by atoms with Gasteiger partial charge in [-0.1, -0.05) is 6.07 Å². The second-order valence-electron chi connectivity index (χ2n) is 4.32. The minimum atomic E-state index is -1.11. The highest BCUT2D eigenvalue weighted by Gasteiger charge is 2.14. The summed E-state index contributed by atoms with van der Waals surface area (Å²) in [7, 11) is 1.57. The van der Waals surface area contributed by atoms with Crippen LogP contribution in [0.15, 0.2) is 18.2 Å². The smallest absolute Gasteiger partial charge is 0.339 e. The number of hydrogen-bond donors (Lipinski definition) is 1. The molecule has 1 N–H and O–H groups in total. The Labute approximate surface area is 117 Å². The molecule has 0 saturated heterocycles. The van der Waals surface area contributed by atoms with Crippen LogP contribution in [-0.4, -0.2) is 42.1 Å². The molecule has 0 aliphatic heterocycles. The van der Waals surface area contributed by atoms with Crippen molar-refractivity contribution in [2.75, 3.05) is 20.2 Å². The minimum absolute atomic E-state index is 0.0167. The van der Waals surface area contributed by atoms with Crippen molar-refractivity contribution in [3.8, 4) is 11.8 Å². The van der Waals surface area contributed by atoms with Gasteiger partial charge in [-0.05, 0) is 24.6 Å². The minimum Gasteiger partial charge on any atom is -0.483 e. The van der Waals surface area contributed by atoms with Crippen LogP contribution in [0.2, 0.25) is 0 Å². The number of amides is 1. The number of aryl methyl sites for hydroxylation is 1. The van der Waals surface area contributed by atoms with E-state index in [1.807, 2.05) is 6.07 Å². The van der Waals surface area contributed by atoms with E-state index >= 15 is 0 Å². The zero-order valence-corrected chi connectivity index (χ0v) is 11.4. The summed E-state index contributed by atoms with van der Waals surface area (Å²) in [6.45, 7) is 1.86. The number of carboxylic acid groups (broad SMARTS) is 1. The lowest BCUT2D eigenvalue weighted by Gasteiger charge is -2.16. The molecule has 0 saturated carbocycles. The van der Waals surface area contributed by atoms with Crippen LogP contribution in [0.25, 0.3) is 0 Å². The van der Waals surface area contributed by atoms with E-state index in [-0.39, 0.29) is 30.2 Å². The Morgan fingerprint density at radius 2 is 2.15 bits per heavy atom. The van der Waals surface area contributed by atoms with Crippen LogP contribution < -0.4 is 4.74 Å². The van der Waals surface area contributed by atoms with E-state index in [2.05, 4.69) is 0 Å². The van der Waals surface area contributed by atoms with Gasteiger partial charge in [0, 0.05) is 13.6 Å². The van der Waals surface area contributed by atoms with Crippen molar-refractivity contribution in [3.05, 3.63) is 29.3 Å². The maximum Gasteiger partial charge on any atom is 0.339 e. The first kappa shape index (κ1) is 15.5. The second-order valence-corrected chi connectivity index (χ2v) is 4.32. The lowest BCUT2D eigenvalue weighted by Crippen LogP contribution is -2.32. The van der Waals surface area contributed by atoms with Crippen molar-refractivity contribution >= 4 is 11.9 Å². The summed E-state index contributed by atoms with van der Waals surface area (Å²) in [5, 5.41) is 17.5. The molecule has 6 heteroatoms. The summed E-state index contributed by atoms with van der Waals surface area (Å²) in [6.07, 6.45) is 0.243. The van der Waals surface area contributed by atoms with Gasteiger partial charge in [0.1, 0.15) is 11.3 Å². The molecule has 0 unspecified atom stereocenters. The van der Waals surface area contributed by atoms with Gasteiger partial charge in [0.05, 0.1) is 12.5 Å². The molecular weight excluding hydrogens is 260 g/mol. The number of ether oxygens (including phenoxy) is 1. The van der Waals surface area contributed by atoms with Gasteiger partial charge in [0.15, 0.2) is 6.61 Å². The first-order valence-corrected chi connectivity index (χ1v) is 6.03. The number of nitriles is 1. The number of nitrogens with zero attached hydrogens (tertiary/aromatic N) is 2. The van der Waals surface area contributed by atoms with Crippen molar-refractivity contribution in [2.24, 2.45) is 0 Å². The first-order chi connectivity index (χ1) is 9.45. The summed E-state index contributed by atoms with van der Waals surface area (Å²) in [5.41, 5.74) is 0.860. The maximum absolute atomic E-state index is 11.7. The van der Waals surface area contributed by atoms with E-state index < -0.39 is 5.97 Å². The van der Waals surface area contributed by atoms with Crippen molar-refractivity contribution in [1.82, 2.24) is 4.90 Å². The average molecular weight is 276 g/mol. The molecule has 1 amide bonds. The van der Waals surface area contributed by atoms with Crippen molar-refractivity contribution in [3.63, 3.8) is 0 Å². The van der Waals surface area contributed by atoms with Gasteiger partial charge in [-0.3, -0.25) is 4.79 Å². The fraction of sp³-hybridized carbons (Fsp3) is 0.357. The first-order valence-electron chi connectivity index (χ1n) is 6.03. The summed E-state index contributed by atoms with van der Waals surface area (Å²) >= 11 is 0. The van der Waals surface area contributed by atoms with E-state index in [4.69, 9.17) is 15.1 Å². The van der Waals surface area contributed by atoms with Crippen LogP contribution in [0.4, 0.5) is 0 Å². The molecule has 0 heterocycles. The Bertz CT molecular complexity index is 549. The molecule has 0 radical (unpaired) electrons. The average Bonchev–Trinajstić information content (AvgIpc) is 2.41. The Morgan fingerprint density at radius 3 is 2.75 bits per heavy atom. The number of aromatic carboxylic acids is 1. The van der Waals surface area contributed by atoms with Gasteiger partial charge in [-0.25, -0.2) is 4.79 Å². The number of rotatable bonds is 6. The monoisotopic (exact) mass is 276 g/mol. The SMILES string of the molecule is Cc1ccc(C(=O)O)c(OCC(=O)N(C)CCC#N)c1.